The second kappa shape index (κ2) is 14.6. The fraction of sp³-hybridized carbons (Fsp3) is 0.680. The van der Waals surface area contributed by atoms with Gasteiger partial charge in [-0.1, -0.05) is 44.2 Å². The minimum Gasteiger partial charge on any atom is -0.593 e. The van der Waals surface area contributed by atoms with E-state index in [-0.39, 0.29) is 6.04 Å². The minimum absolute atomic E-state index is 0.258. The summed E-state index contributed by atoms with van der Waals surface area (Å²) < 4.78 is 15.6. The zero-order valence-electron chi connectivity index (χ0n) is 18.9. The van der Waals surface area contributed by atoms with E-state index in [0.29, 0.717) is 30.1 Å². The Morgan fingerprint density at radius 1 is 1.29 bits per heavy atom. The zero-order valence-corrected chi connectivity index (χ0v) is 20.4. The maximum Gasteiger partial charge on any atom is 0.169 e. The maximum atomic E-state index is 13.4. The summed E-state index contributed by atoms with van der Waals surface area (Å²) in [5, 5.41) is 18.6. The highest BCUT2D eigenvalue weighted by atomic mass is 35.5. The van der Waals surface area contributed by atoms with Crippen molar-refractivity contribution in [3.8, 4) is 0 Å². The van der Waals surface area contributed by atoms with Crippen molar-refractivity contribution >= 4 is 23.0 Å². The molecule has 176 valence electrons. The lowest BCUT2D eigenvalue weighted by Gasteiger charge is -2.29. The molecule has 31 heavy (non-hydrogen) atoms. The Kier molecular flexibility index (Phi) is 12.5. The molecule has 0 bridgehead atoms. The fourth-order valence-corrected chi connectivity index (χ4v) is 6.49. The number of hydrogen-bond acceptors (Lipinski definition) is 4. The van der Waals surface area contributed by atoms with E-state index >= 15 is 0 Å². The van der Waals surface area contributed by atoms with Crippen molar-refractivity contribution in [2.45, 2.75) is 77.0 Å². The molecule has 2 aliphatic rings. The number of allylic oxidation sites excluding steroid dienone is 5. The van der Waals surface area contributed by atoms with Crippen LogP contribution < -0.4 is 0 Å². The molecule has 1 aliphatic heterocycles. The zero-order chi connectivity index (χ0) is 22.6. The molecule has 4 unspecified atom stereocenters. The molecule has 2 rings (SSSR count). The van der Waals surface area contributed by atoms with Gasteiger partial charge in [-0.25, -0.2) is 0 Å². The number of aliphatic hydroxyl groups is 2. The lowest BCUT2D eigenvalue weighted by atomic mass is 9.81. The van der Waals surface area contributed by atoms with Crippen LogP contribution in [0.15, 0.2) is 47.9 Å². The van der Waals surface area contributed by atoms with Gasteiger partial charge in [0.05, 0.1) is 17.4 Å². The summed E-state index contributed by atoms with van der Waals surface area (Å²) in [6.07, 6.45) is 19.6. The van der Waals surface area contributed by atoms with Crippen molar-refractivity contribution in [3.63, 3.8) is 0 Å². The fourth-order valence-electron chi connectivity index (χ4n) is 4.87. The Hall–Kier alpha value is -0.560. The van der Waals surface area contributed by atoms with Gasteiger partial charge in [0, 0.05) is 12.4 Å². The predicted molar refractivity (Wildman–Crippen MR) is 132 cm³/mol. The van der Waals surface area contributed by atoms with E-state index in [4.69, 9.17) is 11.6 Å². The lowest BCUT2D eigenvalue weighted by Crippen LogP contribution is -2.38. The smallest absolute Gasteiger partial charge is 0.169 e. The molecule has 0 aromatic rings. The Labute approximate surface area is 197 Å². The molecule has 0 spiro atoms. The number of nitrogens with zero attached hydrogens (tertiary/aromatic N) is 1. The van der Waals surface area contributed by atoms with E-state index in [2.05, 4.69) is 42.1 Å². The SMILES string of the molecule is C=C/C(=C\CCC[C@@H](CC)C/C=C\CCl)[S+]([O-])N1CC(CCC(O)O)C2CC=CCC21. The third-order valence-electron chi connectivity index (χ3n) is 6.71. The summed E-state index contributed by atoms with van der Waals surface area (Å²) >= 11 is 4.49. The first kappa shape index (κ1) is 26.7. The molecule has 6 heteroatoms. The van der Waals surface area contributed by atoms with E-state index in [1.165, 1.54) is 0 Å². The summed E-state index contributed by atoms with van der Waals surface area (Å²) in [6, 6.07) is 0.258. The number of fused-ring (bicyclic) bond motifs is 1. The Balaban J connectivity index is 1.93. The third-order valence-corrected chi connectivity index (χ3v) is 8.47. The molecule has 1 aliphatic carbocycles. The van der Waals surface area contributed by atoms with Gasteiger partial charge in [-0.05, 0) is 81.3 Å². The van der Waals surface area contributed by atoms with E-state index < -0.39 is 17.7 Å². The van der Waals surface area contributed by atoms with Crippen LogP contribution in [-0.2, 0) is 11.4 Å². The molecule has 1 saturated heterocycles. The van der Waals surface area contributed by atoms with Crippen LogP contribution in [0.25, 0.3) is 0 Å². The minimum atomic E-state index is -1.27. The van der Waals surface area contributed by atoms with E-state index in [1.807, 2.05) is 6.08 Å². The number of unbranched alkanes of at least 4 members (excludes halogenated alkanes) is 1. The van der Waals surface area contributed by atoms with E-state index in [0.717, 1.165) is 62.8 Å². The monoisotopic (exact) mass is 469 g/mol. The number of alkyl halides is 1. The first-order chi connectivity index (χ1) is 15.0. The van der Waals surface area contributed by atoms with Crippen molar-refractivity contribution in [1.82, 2.24) is 4.31 Å². The Bertz CT molecular complexity index is 622. The summed E-state index contributed by atoms with van der Waals surface area (Å²) in [5.74, 6) is 2.02. The predicted octanol–water partition coefficient (Wildman–Crippen LogP) is 5.46. The van der Waals surface area contributed by atoms with Crippen molar-refractivity contribution in [2.75, 3.05) is 12.4 Å². The second-order valence-corrected chi connectivity index (χ2v) is 10.5. The summed E-state index contributed by atoms with van der Waals surface area (Å²) in [4.78, 5) is 0.811. The standard InChI is InChI=1S/C25H40ClNO3S/c1-3-20(12-9-10-18-26)11-5-6-13-22(4-2)31(30)27-19-21(16-17-25(28)29)23-14-7-8-15-24(23)27/h4,7-10,13,20-21,23-25,28-29H,2-3,5-6,11-12,14-19H2,1H3/b10-9-,22-13+/t20-,21?,23?,24?,31?/m1/s1. The Morgan fingerprint density at radius 3 is 2.74 bits per heavy atom. The van der Waals surface area contributed by atoms with Gasteiger partial charge in [0.1, 0.15) is 0 Å². The average Bonchev–Trinajstić information content (AvgIpc) is 3.15. The van der Waals surface area contributed by atoms with Crippen LogP contribution in [0.1, 0.15) is 64.7 Å². The van der Waals surface area contributed by atoms with Crippen molar-refractivity contribution in [2.24, 2.45) is 17.8 Å². The summed E-state index contributed by atoms with van der Waals surface area (Å²) in [5.41, 5.74) is 0. The topological polar surface area (TPSA) is 66.8 Å². The van der Waals surface area contributed by atoms with Gasteiger partial charge in [0.25, 0.3) is 0 Å². The van der Waals surface area contributed by atoms with Crippen LogP contribution in [0, 0.1) is 17.8 Å². The Morgan fingerprint density at radius 2 is 2.06 bits per heavy atom. The van der Waals surface area contributed by atoms with E-state index in [9.17, 15) is 14.8 Å². The quantitative estimate of drug-likeness (QED) is 0.0885. The first-order valence-electron chi connectivity index (χ1n) is 11.7. The van der Waals surface area contributed by atoms with Crippen LogP contribution in [0.2, 0.25) is 0 Å². The van der Waals surface area contributed by atoms with Gasteiger partial charge in [-0.2, -0.15) is 0 Å². The largest absolute Gasteiger partial charge is 0.593 e. The number of halogens is 1. The first-order valence-corrected chi connectivity index (χ1v) is 13.4. The molecule has 0 saturated carbocycles. The molecule has 0 radical (unpaired) electrons. The van der Waals surface area contributed by atoms with Crippen LogP contribution in [0.4, 0.5) is 0 Å². The number of aliphatic hydroxyl groups excluding tert-OH is 1. The molecule has 1 fully saturated rings. The molecule has 0 aromatic heterocycles. The molecule has 0 amide bonds. The van der Waals surface area contributed by atoms with Crippen LogP contribution in [0.3, 0.4) is 0 Å². The van der Waals surface area contributed by atoms with Gasteiger partial charge >= 0.3 is 0 Å². The molecule has 0 aromatic carbocycles. The summed E-state index contributed by atoms with van der Waals surface area (Å²) in [6.45, 7) is 6.90. The van der Waals surface area contributed by atoms with Crippen LogP contribution in [0.5, 0.6) is 0 Å². The van der Waals surface area contributed by atoms with Crippen molar-refractivity contribution in [1.29, 1.82) is 0 Å². The van der Waals surface area contributed by atoms with Gasteiger partial charge in [0.2, 0.25) is 0 Å². The van der Waals surface area contributed by atoms with Gasteiger partial charge < -0.3 is 14.8 Å². The van der Waals surface area contributed by atoms with Crippen molar-refractivity contribution < 1.29 is 14.8 Å². The number of hydrogen-bond donors (Lipinski definition) is 2. The highest BCUT2D eigenvalue weighted by Crippen LogP contribution is 2.42. The molecule has 2 N–H and O–H groups in total. The van der Waals surface area contributed by atoms with Gasteiger partial charge in [-0.15, -0.1) is 15.9 Å². The number of rotatable bonds is 14. The maximum absolute atomic E-state index is 13.4. The highest BCUT2D eigenvalue weighted by molar-refractivity contribution is 7.93. The molecule has 5 atom stereocenters. The van der Waals surface area contributed by atoms with Crippen molar-refractivity contribution in [3.05, 3.63) is 47.9 Å². The van der Waals surface area contributed by atoms with Crippen LogP contribution >= 0.6 is 11.6 Å². The highest BCUT2D eigenvalue weighted by Gasteiger charge is 2.47. The lowest BCUT2D eigenvalue weighted by molar-refractivity contribution is -0.0495. The average molecular weight is 470 g/mol. The molecule has 4 nitrogen and oxygen atoms in total. The van der Waals surface area contributed by atoms with Crippen LogP contribution in [-0.4, -0.2) is 43.8 Å². The third kappa shape index (κ3) is 8.38. The van der Waals surface area contributed by atoms with Gasteiger partial charge in [-0.3, -0.25) is 0 Å². The normalized spacial score (nSPS) is 26.5. The van der Waals surface area contributed by atoms with Gasteiger partial charge in [0.15, 0.2) is 11.2 Å². The molecular weight excluding hydrogens is 430 g/mol. The second-order valence-electron chi connectivity index (χ2n) is 8.72. The molecular formula is C25H40ClNO3S. The summed E-state index contributed by atoms with van der Waals surface area (Å²) in [7, 11) is 0. The molecule has 1 heterocycles. The van der Waals surface area contributed by atoms with E-state index in [1.54, 1.807) is 6.08 Å².